The smallest absolute Gasteiger partial charge is 0.306 e. The van der Waals surface area contributed by atoms with Gasteiger partial charge in [-0.3, -0.25) is 14.6 Å². The molecule has 1 saturated carbocycles. The minimum absolute atomic E-state index is 0.0512. The van der Waals surface area contributed by atoms with Gasteiger partial charge >= 0.3 is 5.97 Å². The van der Waals surface area contributed by atoms with E-state index < -0.39 is 11.9 Å². The molecule has 1 aromatic heterocycles. The number of carbonyl (C=O) groups is 2. The lowest BCUT2D eigenvalue weighted by atomic mass is 10.0. The van der Waals surface area contributed by atoms with E-state index in [9.17, 15) is 14.7 Å². The Balaban J connectivity index is 1.69. The molecule has 2 atom stereocenters. The molecule has 1 aliphatic rings. The minimum atomic E-state index is -0.791. The van der Waals surface area contributed by atoms with Crippen LogP contribution in [0.4, 0.5) is 0 Å². The maximum atomic E-state index is 13.0. The van der Waals surface area contributed by atoms with Gasteiger partial charge in [0.25, 0.3) is 0 Å². The first kappa shape index (κ1) is 18.1. The van der Waals surface area contributed by atoms with Crippen molar-refractivity contribution in [3.8, 4) is 0 Å². The molecule has 0 radical (unpaired) electrons. The number of carboxylic acids is 1. The molecule has 5 heteroatoms. The highest BCUT2D eigenvalue weighted by Gasteiger charge is 2.35. The largest absolute Gasteiger partial charge is 0.481 e. The van der Waals surface area contributed by atoms with E-state index in [1.54, 1.807) is 6.20 Å². The van der Waals surface area contributed by atoms with Crippen molar-refractivity contribution < 1.29 is 14.7 Å². The van der Waals surface area contributed by atoms with Crippen LogP contribution in [-0.4, -0.2) is 33.4 Å². The fourth-order valence-electron chi connectivity index (χ4n) is 3.55. The summed E-state index contributed by atoms with van der Waals surface area (Å²) in [4.78, 5) is 30.4. The van der Waals surface area contributed by atoms with E-state index in [4.69, 9.17) is 0 Å². The molecule has 1 fully saturated rings. The van der Waals surface area contributed by atoms with Gasteiger partial charge < -0.3 is 10.0 Å². The van der Waals surface area contributed by atoms with Crippen LogP contribution in [-0.2, 0) is 22.6 Å². The van der Waals surface area contributed by atoms with Crippen LogP contribution in [0.15, 0.2) is 54.7 Å². The second-order valence-corrected chi connectivity index (χ2v) is 6.86. The van der Waals surface area contributed by atoms with Gasteiger partial charge in [0.15, 0.2) is 0 Å². The first-order valence-electron chi connectivity index (χ1n) is 9.09. The van der Waals surface area contributed by atoms with Crippen molar-refractivity contribution in [2.45, 2.75) is 32.2 Å². The Kier molecular flexibility index (Phi) is 6.00. The Morgan fingerprint density at radius 3 is 2.42 bits per heavy atom. The van der Waals surface area contributed by atoms with E-state index in [0.29, 0.717) is 32.4 Å². The molecule has 2 aromatic rings. The molecule has 0 spiro atoms. The molecule has 0 unspecified atom stereocenters. The van der Waals surface area contributed by atoms with E-state index in [0.717, 1.165) is 12.1 Å². The number of aliphatic carboxylic acids is 1. The van der Waals surface area contributed by atoms with E-state index in [1.165, 1.54) is 5.56 Å². The Bertz CT molecular complexity index is 733. The summed E-state index contributed by atoms with van der Waals surface area (Å²) in [6, 6.07) is 15.8. The molecule has 1 N–H and O–H groups in total. The van der Waals surface area contributed by atoms with Crippen LogP contribution in [0.5, 0.6) is 0 Å². The zero-order valence-corrected chi connectivity index (χ0v) is 14.8. The van der Waals surface area contributed by atoms with Gasteiger partial charge in [0.2, 0.25) is 5.91 Å². The fraction of sp³-hybridized carbons (Fsp3) is 0.381. The number of carbonyl (C=O) groups excluding carboxylic acids is 1. The van der Waals surface area contributed by atoms with Crippen LogP contribution in [0.25, 0.3) is 0 Å². The van der Waals surface area contributed by atoms with Crippen molar-refractivity contribution in [3.05, 3.63) is 66.0 Å². The number of amides is 1. The van der Waals surface area contributed by atoms with Gasteiger partial charge in [0, 0.05) is 18.7 Å². The van der Waals surface area contributed by atoms with Crippen molar-refractivity contribution in [1.29, 1.82) is 0 Å². The number of carboxylic acid groups (broad SMARTS) is 1. The molecule has 1 heterocycles. The summed E-state index contributed by atoms with van der Waals surface area (Å²) < 4.78 is 0. The molecule has 136 valence electrons. The van der Waals surface area contributed by atoms with Gasteiger partial charge in [0.05, 0.1) is 18.2 Å². The number of nitrogens with zero attached hydrogens (tertiary/aromatic N) is 2. The lowest BCUT2D eigenvalue weighted by Crippen LogP contribution is -2.37. The summed E-state index contributed by atoms with van der Waals surface area (Å²) in [5, 5.41) is 9.20. The van der Waals surface area contributed by atoms with Crippen LogP contribution in [0.2, 0.25) is 0 Å². The third-order valence-corrected chi connectivity index (χ3v) is 5.04. The molecule has 26 heavy (non-hydrogen) atoms. The van der Waals surface area contributed by atoms with E-state index in [1.807, 2.05) is 41.3 Å². The molecule has 1 aliphatic carbocycles. The molecule has 0 aliphatic heterocycles. The second kappa shape index (κ2) is 8.61. The number of rotatable bonds is 7. The van der Waals surface area contributed by atoms with Gasteiger partial charge in [-0.25, -0.2) is 0 Å². The summed E-state index contributed by atoms with van der Waals surface area (Å²) >= 11 is 0. The first-order chi connectivity index (χ1) is 12.6. The molecule has 5 nitrogen and oxygen atoms in total. The molecule has 1 aromatic carbocycles. The Morgan fingerprint density at radius 1 is 1.04 bits per heavy atom. The van der Waals surface area contributed by atoms with Crippen LogP contribution >= 0.6 is 0 Å². The first-order valence-corrected chi connectivity index (χ1v) is 9.09. The topological polar surface area (TPSA) is 70.5 Å². The molecule has 3 rings (SSSR count). The number of benzene rings is 1. The van der Waals surface area contributed by atoms with Crippen molar-refractivity contribution >= 4 is 11.9 Å². The summed E-state index contributed by atoms with van der Waals surface area (Å²) in [5.74, 6) is -1.33. The summed E-state index contributed by atoms with van der Waals surface area (Å²) in [7, 11) is 0. The predicted molar refractivity (Wildman–Crippen MR) is 98.3 cm³/mol. The van der Waals surface area contributed by atoms with Gasteiger partial charge in [-0.2, -0.15) is 0 Å². The molecule has 0 bridgehead atoms. The zero-order chi connectivity index (χ0) is 18.4. The molecule has 1 amide bonds. The third-order valence-electron chi connectivity index (χ3n) is 5.04. The van der Waals surface area contributed by atoms with Gasteiger partial charge in [-0.05, 0) is 43.4 Å². The van der Waals surface area contributed by atoms with Gasteiger partial charge in [0.1, 0.15) is 0 Å². The summed E-state index contributed by atoms with van der Waals surface area (Å²) in [6.07, 6.45) is 4.18. The Morgan fingerprint density at radius 2 is 1.77 bits per heavy atom. The van der Waals surface area contributed by atoms with Crippen LogP contribution in [0.3, 0.4) is 0 Å². The number of aromatic nitrogens is 1. The predicted octanol–water partition coefficient (Wildman–Crippen LogP) is 3.15. The highest BCUT2D eigenvalue weighted by Crippen LogP contribution is 2.32. The zero-order valence-electron chi connectivity index (χ0n) is 14.8. The maximum Gasteiger partial charge on any atom is 0.306 e. The fourth-order valence-corrected chi connectivity index (χ4v) is 3.55. The quantitative estimate of drug-likeness (QED) is 0.831. The third kappa shape index (κ3) is 4.69. The standard InChI is InChI=1S/C21H24N2O3/c24-20(17-9-10-18(14-17)21(25)26)23(15-19-8-4-5-12-22-19)13-11-16-6-2-1-3-7-16/h1-8,12,17-18H,9-11,13-15H2,(H,25,26)/t17-,18+/m0/s1. The summed E-state index contributed by atoms with van der Waals surface area (Å²) in [5.41, 5.74) is 2.03. The SMILES string of the molecule is O=C(O)[C@@H]1CC[C@H](C(=O)N(CCc2ccccc2)Cc2ccccn2)C1. The number of hydrogen-bond acceptors (Lipinski definition) is 3. The average molecular weight is 352 g/mol. The number of hydrogen-bond donors (Lipinski definition) is 1. The lowest BCUT2D eigenvalue weighted by Gasteiger charge is -2.25. The van der Waals surface area contributed by atoms with Crippen molar-refractivity contribution in [2.75, 3.05) is 6.54 Å². The average Bonchev–Trinajstić information content (AvgIpc) is 3.17. The van der Waals surface area contributed by atoms with E-state index in [2.05, 4.69) is 17.1 Å². The number of pyridine rings is 1. The van der Waals surface area contributed by atoms with E-state index in [-0.39, 0.29) is 11.8 Å². The molecular weight excluding hydrogens is 328 g/mol. The monoisotopic (exact) mass is 352 g/mol. The highest BCUT2D eigenvalue weighted by molar-refractivity contribution is 5.81. The Hall–Kier alpha value is -2.69. The van der Waals surface area contributed by atoms with Crippen LogP contribution in [0, 0.1) is 11.8 Å². The van der Waals surface area contributed by atoms with Crippen molar-refractivity contribution in [3.63, 3.8) is 0 Å². The second-order valence-electron chi connectivity index (χ2n) is 6.86. The van der Waals surface area contributed by atoms with Crippen LogP contribution in [0.1, 0.15) is 30.5 Å². The van der Waals surface area contributed by atoms with Crippen LogP contribution < -0.4 is 0 Å². The lowest BCUT2D eigenvalue weighted by molar-refractivity contribution is -0.141. The summed E-state index contributed by atoms with van der Waals surface area (Å²) in [6.45, 7) is 1.06. The van der Waals surface area contributed by atoms with Crippen molar-refractivity contribution in [2.24, 2.45) is 11.8 Å². The van der Waals surface area contributed by atoms with Gasteiger partial charge in [-0.1, -0.05) is 36.4 Å². The maximum absolute atomic E-state index is 13.0. The molecule has 0 saturated heterocycles. The minimum Gasteiger partial charge on any atom is -0.481 e. The normalized spacial score (nSPS) is 19.2. The van der Waals surface area contributed by atoms with Crippen molar-refractivity contribution in [1.82, 2.24) is 9.88 Å². The highest BCUT2D eigenvalue weighted by atomic mass is 16.4. The van der Waals surface area contributed by atoms with Gasteiger partial charge in [-0.15, -0.1) is 0 Å². The molecular formula is C21H24N2O3. The Labute approximate surface area is 153 Å². The van der Waals surface area contributed by atoms with E-state index >= 15 is 0 Å².